The van der Waals surface area contributed by atoms with Crippen LogP contribution in [0.15, 0.2) is 42.5 Å². The van der Waals surface area contributed by atoms with Crippen molar-refractivity contribution >= 4 is 16.7 Å². The molecule has 0 heterocycles. The quantitative estimate of drug-likeness (QED) is 0.921. The highest BCUT2D eigenvalue weighted by molar-refractivity contribution is 7.84. The zero-order valence-electron chi connectivity index (χ0n) is 11.0. The molecule has 0 saturated heterocycles. The molecule has 1 amide bonds. The standard InChI is InChI=1S/C15H13F2NO2S/c16-12-3-1-10(2-4-12)14-6-5-13(17)7-11(14)8-21(20)9-15(18)19/h1-7H,8-9H2,(H2,18,19). The Morgan fingerprint density at radius 2 is 1.67 bits per heavy atom. The summed E-state index contributed by atoms with van der Waals surface area (Å²) >= 11 is 0. The summed E-state index contributed by atoms with van der Waals surface area (Å²) in [6.07, 6.45) is 0. The third kappa shape index (κ3) is 4.19. The number of carbonyl (C=O) groups is 1. The van der Waals surface area contributed by atoms with Crippen LogP contribution in [0.1, 0.15) is 5.56 Å². The van der Waals surface area contributed by atoms with E-state index in [-0.39, 0.29) is 17.3 Å². The predicted molar refractivity (Wildman–Crippen MR) is 77.7 cm³/mol. The van der Waals surface area contributed by atoms with E-state index in [1.54, 1.807) is 18.2 Å². The van der Waals surface area contributed by atoms with Crippen molar-refractivity contribution in [2.24, 2.45) is 5.73 Å². The molecule has 21 heavy (non-hydrogen) atoms. The average molecular weight is 309 g/mol. The molecular formula is C15H13F2NO2S. The van der Waals surface area contributed by atoms with Gasteiger partial charge in [0.25, 0.3) is 0 Å². The molecule has 2 rings (SSSR count). The van der Waals surface area contributed by atoms with Crippen LogP contribution in [0, 0.1) is 11.6 Å². The Kier molecular flexibility index (Phi) is 4.80. The van der Waals surface area contributed by atoms with Gasteiger partial charge >= 0.3 is 0 Å². The van der Waals surface area contributed by atoms with Crippen molar-refractivity contribution in [1.29, 1.82) is 0 Å². The fraction of sp³-hybridized carbons (Fsp3) is 0.133. The highest BCUT2D eigenvalue weighted by Gasteiger charge is 2.12. The lowest BCUT2D eigenvalue weighted by Crippen LogP contribution is -2.20. The van der Waals surface area contributed by atoms with Crippen molar-refractivity contribution in [3.8, 4) is 11.1 Å². The lowest BCUT2D eigenvalue weighted by Gasteiger charge is -2.10. The van der Waals surface area contributed by atoms with Crippen molar-refractivity contribution in [2.75, 3.05) is 5.75 Å². The average Bonchev–Trinajstić information content (AvgIpc) is 2.39. The highest BCUT2D eigenvalue weighted by Crippen LogP contribution is 2.26. The van der Waals surface area contributed by atoms with Gasteiger partial charge in [0.15, 0.2) is 0 Å². The second kappa shape index (κ2) is 6.58. The Balaban J connectivity index is 2.35. The second-order valence-corrected chi connectivity index (χ2v) is 5.96. The first-order valence-electron chi connectivity index (χ1n) is 6.13. The Morgan fingerprint density at radius 1 is 1.05 bits per heavy atom. The van der Waals surface area contributed by atoms with Crippen molar-refractivity contribution in [1.82, 2.24) is 0 Å². The summed E-state index contributed by atoms with van der Waals surface area (Å²) in [5, 5.41) is 0. The van der Waals surface area contributed by atoms with E-state index in [4.69, 9.17) is 5.73 Å². The summed E-state index contributed by atoms with van der Waals surface area (Å²) in [6.45, 7) is 0. The number of carbonyl (C=O) groups excluding carboxylic acids is 1. The maximum Gasteiger partial charge on any atom is 0.230 e. The van der Waals surface area contributed by atoms with Gasteiger partial charge in [0, 0.05) is 16.6 Å². The normalized spacial score (nSPS) is 12.1. The number of hydrogen-bond donors (Lipinski definition) is 1. The Bertz CT molecular complexity index is 687. The molecule has 0 aliphatic heterocycles. The molecule has 0 spiro atoms. The van der Waals surface area contributed by atoms with E-state index < -0.39 is 22.5 Å². The molecule has 0 aliphatic carbocycles. The Hall–Kier alpha value is -2.08. The number of hydrogen-bond acceptors (Lipinski definition) is 2. The van der Waals surface area contributed by atoms with Crippen LogP contribution in [-0.2, 0) is 21.3 Å². The molecule has 110 valence electrons. The van der Waals surface area contributed by atoms with Crippen LogP contribution >= 0.6 is 0 Å². The fourth-order valence-corrected chi connectivity index (χ4v) is 2.98. The number of amides is 1. The zero-order valence-corrected chi connectivity index (χ0v) is 11.8. The topological polar surface area (TPSA) is 60.2 Å². The first-order chi connectivity index (χ1) is 9.95. The summed E-state index contributed by atoms with van der Waals surface area (Å²) < 4.78 is 38.1. The molecule has 0 aromatic heterocycles. The van der Waals surface area contributed by atoms with Crippen LogP contribution in [0.4, 0.5) is 8.78 Å². The summed E-state index contributed by atoms with van der Waals surface area (Å²) in [5.41, 5.74) is 6.81. The maximum atomic E-state index is 13.4. The van der Waals surface area contributed by atoms with Crippen LogP contribution in [0.2, 0.25) is 0 Å². The lowest BCUT2D eigenvalue weighted by molar-refractivity contribution is -0.115. The minimum absolute atomic E-state index is 0.00735. The van der Waals surface area contributed by atoms with Gasteiger partial charge < -0.3 is 5.73 Å². The first-order valence-corrected chi connectivity index (χ1v) is 7.62. The van der Waals surface area contributed by atoms with E-state index in [2.05, 4.69) is 0 Å². The van der Waals surface area contributed by atoms with E-state index in [0.717, 1.165) is 0 Å². The highest BCUT2D eigenvalue weighted by atomic mass is 32.2. The molecule has 1 unspecified atom stereocenters. The molecule has 6 heteroatoms. The van der Waals surface area contributed by atoms with Crippen LogP contribution in [-0.4, -0.2) is 15.9 Å². The van der Waals surface area contributed by atoms with Gasteiger partial charge in [-0.3, -0.25) is 9.00 Å². The SMILES string of the molecule is NC(=O)CS(=O)Cc1cc(F)ccc1-c1ccc(F)cc1. The van der Waals surface area contributed by atoms with E-state index in [1.807, 2.05) is 0 Å². The van der Waals surface area contributed by atoms with E-state index in [9.17, 15) is 17.8 Å². The molecule has 0 bridgehead atoms. The van der Waals surface area contributed by atoms with Gasteiger partial charge in [-0.05, 0) is 41.0 Å². The molecule has 3 nitrogen and oxygen atoms in total. The maximum absolute atomic E-state index is 13.4. The van der Waals surface area contributed by atoms with Crippen molar-refractivity contribution in [3.63, 3.8) is 0 Å². The van der Waals surface area contributed by atoms with Gasteiger partial charge in [-0.15, -0.1) is 0 Å². The minimum Gasteiger partial charge on any atom is -0.369 e. The van der Waals surface area contributed by atoms with Gasteiger partial charge in [0.05, 0.1) is 0 Å². The van der Waals surface area contributed by atoms with E-state index >= 15 is 0 Å². The monoisotopic (exact) mass is 309 g/mol. The number of primary amides is 1. The van der Waals surface area contributed by atoms with E-state index in [1.165, 1.54) is 24.3 Å². The molecular weight excluding hydrogens is 296 g/mol. The molecule has 0 radical (unpaired) electrons. The van der Waals surface area contributed by atoms with Crippen LogP contribution in [0.25, 0.3) is 11.1 Å². The minimum atomic E-state index is -1.51. The van der Waals surface area contributed by atoms with Gasteiger partial charge in [0.2, 0.25) is 5.91 Å². The summed E-state index contributed by atoms with van der Waals surface area (Å²) in [4.78, 5) is 10.8. The summed E-state index contributed by atoms with van der Waals surface area (Å²) in [5.74, 6) is -1.79. The number of halogens is 2. The number of benzene rings is 2. The van der Waals surface area contributed by atoms with Gasteiger partial charge in [-0.25, -0.2) is 8.78 Å². The van der Waals surface area contributed by atoms with Gasteiger partial charge in [-0.1, -0.05) is 18.2 Å². The second-order valence-electron chi connectivity index (χ2n) is 4.50. The van der Waals surface area contributed by atoms with Crippen molar-refractivity contribution in [3.05, 3.63) is 59.7 Å². The van der Waals surface area contributed by atoms with Crippen molar-refractivity contribution < 1.29 is 17.8 Å². The van der Waals surface area contributed by atoms with Gasteiger partial charge in [-0.2, -0.15) is 0 Å². The van der Waals surface area contributed by atoms with Crippen molar-refractivity contribution in [2.45, 2.75) is 5.75 Å². The molecule has 2 aromatic carbocycles. The molecule has 2 aromatic rings. The van der Waals surface area contributed by atoms with Gasteiger partial charge in [0.1, 0.15) is 17.4 Å². The number of rotatable bonds is 5. The molecule has 2 N–H and O–H groups in total. The Morgan fingerprint density at radius 3 is 2.29 bits per heavy atom. The zero-order chi connectivity index (χ0) is 15.4. The first kappa shape index (κ1) is 15.3. The lowest BCUT2D eigenvalue weighted by atomic mass is 10.0. The number of nitrogens with two attached hydrogens (primary N) is 1. The van der Waals surface area contributed by atoms with Crippen LogP contribution < -0.4 is 5.73 Å². The van der Waals surface area contributed by atoms with Crippen LogP contribution in [0.5, 0.6) is 0 Å². The smallest absolute Gasteiger partial charge is 0.230 e. The third-order valence-electron chi connectivity index (χ3n) is 2.84. The fourth-order valence-electron chi connectivity index (χ4n) is 1.98. The van der Waals surface area contributed by atoms with Crippen LogP contribution in [0.3, 0.4) is 0 Å². The summed E-state index contributed by atoms with van der Waals surface area (Å²) in [7, 11) is -1.51. The predicted octanol–water partition coefficient (Wildman–Crippen LogP) is 2.37. The molecule has 0 aliphatic rings. The molecule has 1 atom stereocenters. The summed E-state index contributed by atoms with van der Waals surface area (Å²) in [6, 6.07) is 9.79. The third-order valence-corrected chi connectivity index (χ3v) is 4.08. The Labute approximate surface area is 123 Å². The largest absolute Gasteiger partial charge is 0.369 e. The van der Waals surface area contributed by atoms with E-state index in [0.29, 0.717) is 16.7 Å². The molecule has 0 saturated carbocycles. The molecule has 0 fully saturated rings.